The molecule has 0 saturated heterocycles. The summed E-state index contributed by atoms with van der Waals surface area (Å²) >= 11 is 0. The lowest BCUT2D eigenvalue weighted by atomic mass is 10.1. The molecule has 2 aromatic rings. The van der Waals surface area contributed by atoms with Gasteiger partial charge in [-0.15, -0.1) is 0 Å². The van der Waals surface area contributed by atoms with Crippen molar-refractivity contribution >= 4 is 17.9 Å². The average Bonchev–Trinajstić information content (AvgIpc) is 3.03. The third-order valence-corrected chi connectivity index (χ3v) is 3.75. The number of carbonyl (C=O) groups excluding carboxylic acids is 1. The van der Waals surface area contributed by atoms with E-state index in [1.54, 1.807) is 56.7 Å². The molecular formula is C20H19NO5. The Balaban J connectivity index is 1.89. The van der Waals surface area contributed by atoms with Crippen LogP contribution in [0.3, 0.4) is 0 Å². The Kier molecular flexibility index (Phi) is 5.22. The van der Waals surface area contributed by atoms with E-state index in [1.807, 2.05) is 13.0 Å². The monoisotopic (exact) mass is 353 g/mol. The molecule has 1 aliphatic rings. The van der Waals surface area contributed by atoms with Gasteiger partial charge in [0.05, 0.1) is 20.8 Å². The largest absolute Gasteiger partial charge is 0.497 e. The van der Waals surface area contributed by atoms with Crippen LogP contribution in [0.4, 0.5) is 0 Å². The molecule has 26 heavy (non-hydrogen) atoms. The number of nitrogens with zero attached hydrogens (tertiary/aromatic N) is 1. The van der Waals surface area contributed by atoms with Gasteiger partial charge >= 0.3 is 5.97 Å². The number of carbonyl (C=O) groups is 1. The van der Waals surface area contributed by atoms with Gasteiger partial charge in [0.2, 0.25) is 5.90 Å². The summed E-state index contributed by atoms with van der Waals surface area (Å²) in [6, 6.07) is 12.5. The van der Waals surface area contributed by atoms with E-state index in [0.29, 0.717) is 23.7 Å². The minimum Gasteiger partial charge on any atom is -0.497 e. The maximum atomic E-state index is 12.1. The van der Waals surface area contributed by atoms with Gasteiger partial charge in [-0.1, -0.05) is 6.07 Å². The fourth-order valence-electron chi connectivity index (χ4n) is 2.48. The molecule has 3 rings (SSSR count). The second-order valence-corrected chi connectivity index (χ2v) is 5.41. The molecule has 0 atom stereocenters. The summed E-state index contributed by atoms with van der Waals surface area (Å²) in [5, 5.41) is 0. The molecule has 0 unspecified atom stereocenters. The van der Waals surface area contributed by atoms with Gasteiger partial charge in [-0.2, -0.15) is 0 Å². The molecule has 0 fully saturated rings. The number of benzene rings is 2. The highest BCUT2D eigenvalue weighted by molar-refractivity contribution is 6.12. The van der Waals surface area contributed by atoms with Crippen LogP contribution >= 0.6 is 0 Å². The minimum atomic E-state index is -0.496. The Labute approximate surface area is 151 Å². The van der Waals surface area contributed by atoms with Crippen molar-refractivity contribution in [2.45, 2.75) is 6.92 Å². The summed E-state index contributed by atoms with van der Waals surface area (Å²) in [7, 11) is 3.17. The zero-order chi connectivity index (χ0) is 18.5. The summed E-state index contributed by atoms with van der Waals surface area (Å²) in [6.45, 7) is 2.41. The van der Waals surface area contributed by atoms with Crippen LogP contribution in [-0.4, -0.2) is 32.7 Å². The van der Waals surface area contributed by atoms with Crippen LogP contribution in [0.2, 0.25) is 0 Å². The Morgan fingerprint density at radius 2 is 1.81 bits per heavy atom. The fraction of sp³-hybridized carbons (Fsp3) is 0.200. The van der Waals surface area contributed by atoms with E-state index in [-0.39, 0.29) is 11.6 Å². The Bertz CT molecular complexity index is 868. The predicted molar refractivity (Wildman–Crippen MR) is 97.8 cm³/mol. The molecule has 134 valence electrons. The average molecular weight is 353 g/mol. The molecule has 0 saturated carbocycles. The molecule has 0 amide bonds. The van der Waals surface area contributed by atoms with Crippen LogP contribution in [0, 0.1) is 0 Å². The molecule has 6 heteroatoms. The van der Waals surface area contributed by atoms with Crippen molar-refractivity contribution in [3.63, 3.8) is 0 Å². The van der Waals surface area contributed by atoms with Crippen molar-refractivity contribution in [3.8, 4) is 17.2 Å². The predicted octanol–water partition coefficient (Wildman–Crippen LogP) is 3.45. The summed E-state index contributed by atoms with van der Waals surface area (Å²) in [6.07, 6.45) is 1.65. The molecule has 1 heterocycles. The van der Waals surface area contributed by atoms with E-state index in [2.05, 4.69) is 4.99 Å². The number of rotatable bonds is 6. The van der Waals surface area contributed by atoms with Gasteiger partial charge in [0.15, 0.2) is 17.2 Å². The first-order chi connectivity index (χ1) is 12.6. The van der Waals surface area contributed by atoms with Crippen LogP contribution in [-0.2, 0) is 9.53 Å². The van der Waals surface area contributed by atoms with Crippen LogP contribution in [0.5, 0.6) is 17.2 Å². The lowest BCUT2D eigenvalue weighted by Crippen LogP contribution is -2.05. The van der Waals surface area contributed by atoms with Crippen molar-refractivity contribution in [1.29, 1.82) is 0 Å². The van der Waals surface area contributed by atoms with Crippen LogP contribution < -0.4 is 14.2 Å². The Morgan fingerprint density at radius 1 is 1.04 bits per heavy atom. The lowest BCUT2D eigenvalue weighted by molar-refractivity contribution is -0.129. The van der Waals surface area contributed by atoms with E-state index in [1.165, 1.54) is 0 Å². The zero-order valence-electron chi connectivity index (χ0n) is 14.8. The first-order valence-electron chi connectivity index (χ1n) is 8.12. The van der Waals surface area contributed by atoms with E-state index in [9.17, 15) is 4.79 Å². The van der Waals surface area contributed by atoms with E-state index in [4.69, 9.17) is 18.9 Å². The maximum Gasteiger partial charge on any atom is 0.363 e. The number of methoxy groups -OCH3 is 2. The quantitative estimate of drug-likeness (QED) is 0.588. The molecule has 6 nitrogen and oxygen atoms in total. The summed E-state index contributed by atoms with van der Waals surface area (Å²) in [4.78, 5) is 16.4. The number of cyclic esters (lactones) is 1. The number of esters is 1. The van der Waals surface area contributed by atoms with Gasteiger partial charge in [-0.25, -0.2) is 9.79 Å². The molecule has 2 aromatic carbocycles. The molecular weight excluding hydrogens is 334 g/mol. The van der Waals surface area contributed by atoms with Gasteiger partial charge < -0.3 is 18.9 Å². The number of ether oxygens (including phenoxy) is 4. The topological polar surface area (TPSA) is 66.3 Å². The van der Waals surface area contributed by atoms with Crippen LogP contribution in [0.1, 0.15) is 18.1 Å². The van der Waals surface area contributed by atoms with E-state index >= 15 is 0 Å². The van der Waals surface area contributed by atoms with Crippen molar-refractivity contribution in [3.05, 3.63) is 59.3 Å². The lowest BCUT2D eigenvalue weighted by Gasteiger charge is -2.09. The molecule has 0 N–H and O–H groups in total. The summed E-state index contributed by atoms with van der Waals surface area (Å²) in [5.41, 5.74) is 1.69. The van der Waals surface area contributed by atoms with Gasteiger partial charge in [-0.3, -0.25) is 0 Å². The second kappa shape index (κ2) is 7.74. The van der Waals surface area contributed by atoms with Crippen LogP contribution in [0.25, 0.3) is 6.08 Å². The highest BCUT2D eigenvalue weighted by Crippen LogP contribution is 2.29. The standard InChI is InChI=1S/C20H19NO5/c1-4-25-18-12-13(5-10-17(18)24-3)11-16-20(22)26-19(21-16)14-6-8-15(23-2)9-7-14/h5-12H,4H2,1-3H3. The van der Waals surface area contributed by atoms with Crippen molar-refractivity contribution < 1.29 is 23.7 Å². The first kappa shape index (κ1) is 17.5. The fourth-order valence-corrected chi connectivity index (χ4v) is 2.48. The normalized spacial score (nSPS) is 14.8. The Hall–Kier alpha value is -3.28. The molecule has 0 aromatic heterocycles. The van der Waals surface area contributed by atoms with Gasteiger partial charge in [0.1, 0.15) is 5.75 Å². The smallest absolute Gasteiger partial charge is 0.363 e. The van der Waals surface area contributed by atoms with E-state index in [0.717, 1.165) is 11.3 Å². The number of aliphatic imine (C=N–C) groups is 1. The first-order valence-corrected chi connectivity index (χ1v) is 8.12. The minimum absolute atomic E-state index is 0.225. The summed E-state index contributed by atoms with van der Waals surface area (Å²) < 4.78 is 21.2. The van der Waals surface area contributed by atoms with E-state index < -0.39 is 5.97 Å². The van der Waals surface area contributed by atoms with Gasteiger partial charge in [0, 0.05) is 5.56 Å². The van der Waals surface area contributed by atoms with Crippen LogP contribution in [0.15, 0.2) is 53.2 Å². The van der Waals surface area contributed by atoms with Gasteiger partial charge in [-0.05, 0) is 55.0 Å². The second-order valence-electron chi connectivity index (χ2n) is 5.41. The third kappa shape index (κ3) is 3.69. The van der Waals surface area contributed by atoms with Crippen molar-refractivity contribution in [1.82, 2.24) is 0 Å². The highest BCUT2D eigenvalue weighted by Gasteiger charge is 2.24. The molecule has 1 aliphatic heterocycles. The van der Waals surface area contributed by atoms with Gasteiger partial charge in [0.25, 0.3) is 0 Å². The van der Waals surface area contributed by atoms with Crippen molar-refractivity contribution in [2.75, 3.05) is 20.8 Å². The Morgan fingerprint density at radius 3 is 2.46 bits per heavy atom. The summed E-state index contributed by atoms with van der Waals surface area (Å²) in [5.74, 6) is 1.73. The third-order valence-electron chi connectivity index (χ3n) is 3.75. The molecule has 0 spiro atoms. The SMILES string of the molecule is CCOc1cc(C=C2N=C(c3ccc(OC)cc3)OC2=O)ccc1OC. The van der Waals surface area contributed by atoms with Crippen molar-refractivity contribution in [2.24, 2.45) is 4.99 Å². The molecule has 0 aliphatic carbocycles. The number of hydrogen-bond donors (Lipinski definition) is 0. The maximum absolute atomic E-state index is 12.1. The number of hydrogen-bond acceptors (Lipinski definition) is 6. The molecule has 0 radical (unpaired) electrons. The molecule has 0 bridgehead atoms. The zero-order valence-corrected chi connectivity index (χ0v) is 14.8. The highest BCUT2D eigenvalue weighted by atomic mass is 16.6.